The van der Waals surface area contributed by atoms with Gasteiger partial charge in [0.15, 0.2) is 5.82 Å². The van der Waals surface area contributed by atoms with E-state index in [0.29, 0.717) is 11.7 Å². The fraction of sp³-hybridized carbons (Fsp3) is 0.591. The molecule has 148 valence electrons. The smallest absolute Gasteiger partial charge is 0.243 e. The molecule has 1 amide bonds. The van der Waals surface area contributed by atoms with Crippen LogP contribution in [-0.4, -0.2) is 52.5 Å². The summed E-state index contributed by atoms with van der Waals surface area (Å²) in [6.07, 6.45) is 5.11. The molecule has 3 fully saturated rings. The predicted octanol–water partition coefficient (Wildman–Crippen LogP) is 3.10. The highest BCUT2D eigenvalue weighted by Gasteiger charge is 2.54. The quantitative estimate of drug-likeness (QED) is 0.819. The maximum absolute atomic E-state index is 13.3. The van der Waals surface area contributed by atoms with Crippen LogP contribution in [0.4, 0.5) is 0 Å². The Morgan fingerprint density at radius 3 is 2.46 bits per heavy atom. The number of nitrogens with zero attached hydrogens (tertiary/aromatic N) is 4. The van der Waals surface area contributed by atoms with Gasteiger partial charge in [-0.25, -0.2) is 0 Å². The molecular weight excluding hydrogens is 352 g/mol. The fourth-order valence-corrected chi connectivity index (χ4v) is 5.35. The summed E-state index contributed by atoms with van der Waals surface area (Å²) in [5, 5.41) is 3.96. The molecule has 0 bridgehead atoms. The standard InChI is InChI=1S/C22H28N4O2/c1-16-23-19(28-24-16)18-14-21(15-25(18)2)10-12-26(13-11-21)20(27)22(8-9-22)17-6-4-3-5-7-17/h3-7,18H,8-15H2,1-2H3. The van der Waals surface area contributed by atoms with Crippen LogP contribution in [0.3, 0.4) is 0 Å². The van der Waals surface area contributed by atoms with Gasteiger partial charge in [-0.3, -0.25) is 9.69 Å². The molecule has 5 rings (SSSR count). The molecule has 1 saturated carbocycles. The molecule has 1 atom stereocenters. The Balaban J connectivity index is 1.26. The largest absolute Gasteiger partial charge is 0.342 e. The summed E-state index contributed by atoms with van der Waals surface area (Å²) in [6, 6.07) is 10.5. The second-order valence-electron chi connectivity index (χ2n) is 9.06. The van der Waals surface area contributed by atoms with Gasteiger partial charge in [0.05, 0.1) is 11.5 Å². The maximum Gasteiger partial charge on any atom is 0.243 e. The van der Waals surface area contributed by atoms with Gasteiger partial charge in [-0.1, -0.05) is 35.5 Å². The first-order valence-corrected chi connectivity index (χ1v) is 10.4. The summed E-state index contributed by atoms with van der Waals surface area (Å²) in [7, 11) is 2.14. The number of hydrogen-bond acceptors (Lipinski definition) is 5. The summed E-state index contributed by atoms with van der Waals surface area (Å²) >= 11 is 0. The molecule has 2 aromatic rings. The molecule has 0 N–H and O–H groups in total. The first kappa shape index (κ1) is 17.9. The van der Waals surface area contributed by atoms with Gasteiger partial charge in [0.25, 0.3) is 0 Å². The number of benzene rings is 1. The van der Waals surface area contributed by atoms with E-state index in [1.165, 1.54) is 5.56 Å². The Hall–Kier alpha value is -2.21. The first-order valence-electron chi connectivity index (χ1n) is 10.4. The predicted molar refractivity (Wildman–Crippen MR) is 105 cm³/mol. The molecule has 1 spiro atoms. The van der Waals surface area contributed by atoms with E-state index in [1.54, 1.807) is 0 Å². The van der Waals surface area contributed by atoms with Crippen LogP contribution < -0.4 is 0 Å². The number of rotatable bonds is 3. The van der Waals surface area contributed by atoms with Crippen molar-refractivity contribution in [3.05, 3.63) is 47.6 Å². The van der Waals surface area contributed by atoms with Crippen molar-refractivity contribution in [1.29, 1.82) is 0 Å². The zero-order chi connectivity index (χ0) is 19.4. The highest BCUT2D eigenvalue weighted by Crippen LogP contribution is 2.52. The van der Waals surface area contributed by atoms with E-state index in [-0.39, 0.29) is 16.9 Å². The minimum absolute atomic E-state index is 0.197. The van der Waals surface area contributed by atoms with Gasteiger partial charge in [-0.2, -0.15) is 4.98 Å². The fourth-order valence-electron chi connectivity index (χ4n) is 5.35. The van der Waals surface area contributed by atoms with Crippen LogP contribution in [0, 0.1) is 12.3 Å². The SMILES string of the molecule is Cc1noc(C2CC3(CCN(C(=O)C4(c5ccccc5)CC4)CC3)CN2C)n1. The highest BCUT2D eigenvalue weighted by molar-refractivity contribution is 5.91. The number of carbonyl (C=O) groups excluding carboxylic acids is 1. The van der Waals surface area contributed by atoms with E-state index in [1.807, 2.05) is 25.1 Å². The number of piperidine rings is 1. The van der Waals surface area contributed by atoms with Gasteiger partial charge >= 0.3 is 0 Å². The monoisotopic (exact) mass is 380 g/mol. The summed E-state index contributed by atoms with van der Waals surface area (Å²) in [6.45, 7) is 4.61. The van der Waals surface area contributed by atoms with Crippen molar-refractivity contribution in [3.63, 3.8) is 0 Å². The number of hydrogen-bond donors (Lipinski definition) is 0. The molecule has 1 aromatic heterocycles. The van der Waals surface area contributed by atoms with Crippen molar-refractivity contribution in [2.75, 3.05) is 26.7 Å². The molecule has 1 unspecified atom stereocenters. The Morgan fingerprint density at radius 1 is 1.14 bits per heavy atom. The Labute approximate surface area is 165 Å². The van der Waals surface area contributed by atoms with Crippen LogP contribution in [-0.2, 0) is 10.2 Å². The summed E-state index contributed by atoms with van der Waals surface area (Å²) in [5.41, 5.74) is 1.19. The Morgan fingerprint density at radius 2 is 1.86 bits per heavy atom. The lowest BCUT2D eigenvalue weighted by Crippen LogP contribution is -2.47. The molecule has 1 aliphatic carbocycles. The van der Waals surface area contributed by atoms with E-state index >= 15 is 0 Å². The van der Waals surface area contributed by atoms with Gasteiger partial charge in [0, 0.05) is 19.6 Å². The van der Waals surface area contributed by atoms with E-state index in [9.17, 15) is 4.79 Å². The molecular formula is C22H28N4O2. The van der Waals surface area contributed by atoms with Crippen LogP contribution >= 0.6 is 0 Å². The van der Waals surface area contributed by atoms with Crippen molar-refractivity contribution < 1.29 is 9.32 Å². The van der Waals surface area contributed by atoms with Gasteiger partial charge in [-0.05, 0) is 57.1 Å². The van der Waals surface area contributed by atoms with Crippen molar-refractivity contribution in [3.8, 4) is 0 Å². The second kappa shape index (κ2) is 6.41. The zero-order valence-corrected chi connectivity index (χ0v) is 16.7. The van der Waals surface area contributed by atoms with Gasteiger partial charge in [-0.15, -0.1) is 0 Å². The van der Waals surface area contributed by atoms with Crippen molar-refractivity contribution in [2.24, 2.45) is 5.41 Å². The average molecular weight is 380 g/mol. The summed E-state index contributed by atoms with van der Waals surface area (Å²) < 4.78 is 5.45. The normalized spacial score (nSPS) is 25.9. The molecule has 2 saturated heterocycles. The highest BCUT2D eigenvalue weighted by atomic mass is 16.5. The molecule has 28 heavy (non-hydrogen) atoms. The zero-order valence-electron chi connectivity index (χ0n) is 16.7. The molecule has 6 nitrogen and oxygen atoms in total. The number of amides is 1. The number of likely N-dealkylation sites (tertiary alicyclic amines) is 2. The molecule has 3 heterocycles. The third kappa shape index (κ3) is 2.85. The first-order chi connectivity index (χ1) is 13.5. The van der Waals surface area contributed by atoms with Gasteiger partial charge < -0.3 is 9.42 Å². The molecule has 0 radical (unpaired) electrons. The minimum Gasteiger partial charge on any atom is -0.342 e. The number of aromatic nitrogens is 2. The van der Waals surface area contributed by atoms with Crippen LogP contribution in [0.25, 0.3) is 0 Å². The minimum atomic E-state index is -0.248. The van der Waals surface area contributed by atoms with Crippen LogP contribution in [0.2, 0.25) is 0 Å². The lowest BCUT2D eigenvalue weighted by atomic mass is 9.76. The van der Waals surface area contributed by atoms with E-state index < -0.39 is 0 Å². The Kier molecular flexibility index (Phi) is 4.09. The summed E-state index contributed by atoms with van der Waals surface area (Å²) in [4.78, 5) is 22.2. The molecule has 6 heteroatoms. The topological polar surface area (TPSA) is 62.5 Å². The van der Waals surface area contributed by atoms with Crippen LogP contribution in [0.1, 0.15) is 55.4 Å². The van der Waals surface area contributed by atoms with Crippen LogP contribution in [0.15, 0.2) is 34.9 Å². The lowest BCUT2D eigenvalue weighted by molar-refractivity contribution is -0.136. The van der Waals surface area contributed by atoms with Crippen molar-refractivity contribution in [2.45, 2.75) is 50.5 Å². The maximum atomic E-state index is 13.3. The second-order valence-corrected chi connectivity index (χ2v) is 9.06. The van der Waals surface area contributed by atoms with Gasteiger partial charge in [0.2, 0.25) is 11.8 Å². The Bertz CT molecular complexity index is 866. The average Bonchev–Trinajstić information content (AvgIpc) is 3.32. The van der Waals surface area contributed by atoms with Crippen molar-refractivity contribution >= 4 is 5.91 Å². The number of aryl methyl sites for hydroxylation is 1. The number of carbonyl (C=O) groups is 1. The van der Waals surface area contributed by atoms with Crippen molar-refractivity contribution in [1.82, 2.24) is 19.9 Å². The summed E-state index contributed by atoms with van der Waals surface area (Å²) in [5.74, 6) is 1.76. The van der Waals surface area contributed by atoms with E-state index in [0.717, 1.165) is 57.6 Å². The van der Waals surface area contributed by atoms with E-state index in [2.05, 4.69) is 39.1 Å². The van der Waals surface area contributed by atoms with E-state index in [4.69, 9.17) is 4.52 Å². The lowest BCUT2D eigenvalue weighted by Gasteiger charge is -2.40. The molecule has 1 aromatic carbocycles. The molecule has 2 aliphatic heterocycles. The molecule has 3 aliphatic rings. The third-order valence-electron chi connectivity index (χ3n) is 7.17. The van der Waals surface area contributed by atoms with Gasteiger partial charge in [0.1, 0.15) is 0 Å². The van der Waals surface area contributed by atoms with Crippen LogP contribution in [0.5, 0.6) is 0 Å². The third-order valence-corrected chi connectivity index (χ3v) is 7.17.